The molecule has 0 aliphatic heterocycles. The summed E-state index contributed by atoms with van der Waals surface area (Å²) in [6, 6.07) is 57.7. The maximum atomic E-state index is 6.77. The van der Waals surface area contributed by atoms with E-state index >= 15 is 0 Å². The van der Waals surface area contributed by atoms with Gasteiger partial charge in [0.05, 0.1) is 22.6 Å². The van der Waals surface area contributed by atoms with E-state index in [1.165, 1.54) is 0 Å². The van der Waals surface area contributed by atoms with Crippen molar-refractivity contribution in [2.45, 2.75) is 26.2 Å². The standard InChI is InChI=1S/C48H34N4O.Pt/c1-48(2,3)33-27-34(51-42-22-12-11-20-39(42)40-21-14-26-49-46(40)51)29-36(28-33)53-35-24-25-37-38-19-10-13-23-43(38)52-45(32-17-8-5-9-18-32)44(31-15-6-4-7-16-31)50-47(52)41(37)30-35;/h4-28H,1-3H3;/q-2;+2. The van der Waals surface area contributed by atoms with E-state index in [9.17, 15) is 0 Å². The molecule has 0 fully saturated rings. The number of benzene rings is 6. The van der Waals surface area contributed by atoms with Crippen LogP contribution in [0.2, 0.25) is 0 Å². The number of para-hydroxylation sites is 2. The zero-order chi connectivity index (χ0) is 35.7. The molecule has 0 radical (unpaired) electrons. The van der Waals surface area contributed by atoms with Crippen LogP contribution in [0.4, 0.5) is 0 Å². The molecule has 0 spiro atoms. The zero-order valence-electron chi connectivity index (χ0n) is 29.9. The normalized spacial score (nSPS) is 11.8. The van der Waals surface area contributed by atoms with Crippen molar-refractivity contribution in [3.8, 4) is 39.7 Å². The van der Waals surface area contributed by atoms with Crippen molar-refractivity contribution in [2.75, 3.05) is 0 Å². The van der Waals surface area contributed by atoms with E-state index in [0.717, 1.165) is 83.0 Å². The van der Waals surface area contributed by atoms with Gasteiger partial charge in [0.25, 0.3) is 0 Å². The second kappa shape index (κ2) is 13.1. The van der Waals surface area contributed by atoms with E-state index in [2.05, 4.69) is 169 Å². The molecule has 0 saturated carbocycles. The summed E-state index contributed by atoms with van der Waals surface area (Å²) >= 11 is 0. The van der Waals surface area contributed by atoms with Crippen LogP contribution in [0, 0.1) is 12.1 Å². The molecule has 0 atom stereocenters. The Balaban J connectivity index is 0.00000384. The number of hydrogen-bond acceptors (Lipinski definition) is 3. The van der Waals surface area contributed by atoms with Gasteiger partial charge in [-0.25, -0.2) is 4.98 Å². The largest absolute Gasteiger partial charge is 2.00 e. The van der Waals surface area contributed by atoms with Crippen LogP contribution in [0.25, 0.3) is 77.5 Å². The average molecular weight is 878 g/mol. The van der Waals surface area contributed by atoms with Gasteiger partial charge < -0.3 is 13.7 Å². The summed E-state index contributed by atoms with van der Waals surface area (Å²) in [5.41, 5.74) is 9.84. The Labute approximate surface area is 327 Å². The summed E-state index contributed by atoms with van der Waals surface area (Å²) in [7, 11) is 0. The third-order valence-corrected chi connectivity index (χ3v) is 10.1. The van der Waals surface area contributed by atoms with Crippen molar-refractivity contribution < 1.29 is 25.8 Å². The number of nitrogens with zero attached hydrogens (tertiary/aromatic N) is 4. The molecule has 6 heteroatoms. The molecule has 6 aromatic carbocycles. The molecule has 0 bridgehead atoms. The minimum absolute atomic E-state index is 0. The molecule has 262 valence electrons. The second-order valence-corrected chi connectivity index (χ2v) is 14.5. The fourth-order valence-corrected chi connectivity index (χ4v) is 7.61. The van der Waals surface area contributed by atoms with E-state index in [0.29, 0.717) is 11.5 Å². The average Bonchev–Trinajstić information content (AvgIpc) is 3.76. The Bertz CT molecular complexity index is 2960. The summed E-state index contributed by atoms with van der Waals surface area (Å²) in [6.45, 7) is 6.66. The Morgan fingerprint density at radius 1 is 0.574 bits per heavy atom. The topological polar surface area (TPSA) is 44.4 Å². The van der Waals surface area contributed by atoms with Crippen LogP contribution < -0.4 is 4.74 Å². The minimum Gasteiger partial charge on any atom is -0.503 e. The van der Waals surface area contributed by atoms with Crippen molar-refractivity contribution in [2.24, 2.45) is 0 Å². The Morgan fingerprint density at radius 3 is 1.96 bits per heavy atom. The van der Waals surface area contributed by atoms with Crippen LogP contribution in [0.3, 0.4) is 0 Å². The minimum atomic E-state index is -0.149. The SMILES string of the molecule is CC(C)(C)c1cc(Oc2[c-]c3c(cc2)c2ccccc2n2c(-c4ccccc4)c(-c4ccccc4)nc32)[c-]c(-n2c3ccccc3c3cccnc32)c1.[Pt+2]. The Morgan fingerprint density at radius 2 is 1.22 bits per heavy atom. The van der Waals surface area contributed by atoms with Gasteiger partial charge >= 0.3 is 21.1 Å². The van der Waals surface area contributed by atoms with Gasteiger partial charge in [0.15, 0.2) is 0 Å². The van der Waals surface area contributed by atoms with Crippen LogP contribution in [0.15, 0.2) is 152 Å². The smallest absolute Gasteiger partial charge is 0.503 e. The first-order valence-electron chi connectivity index (χ1n) is 17.9. The summed E-state index contributed by atoms with van der Waals surface area (Å²) in [5.74, 6) is 1.20. The third kappa shape index (κ3) is 5.50. The number of aromatic nitrogens is 4. The van der Waals surface area contributed by atoms with E-state index in [1.54, 1.807) is 0 Å². The molecule has 4 heterocycles. The summed E-state index contributed by atoms with van der Waals surface area (Å²) in [5, 5.41) is 5.32. The van der Waals surface area contributed by atoms with Crippen molar-refractivity contribution in [1.82, 2.24) is 18.9 Å². The molecule has 0 N–H and O–H groups in total. The monoisotopic (exact) mass is 877 g/mol. The van der Waals surface area contributed by atoms with E-state index < -0.39 is 0 Å². The molecule has 54 heavy (non-hydrogen) atoms. The maximum Gasteiger partial charge on any atom is 2.00 e. The summed E-state index contributed by atoms with van der Waals surface area (Å²) in [4.78, 5) is 10.2. The quantitative estimate of drug-likeness (QED) is 0.128. The van der Waals surface area contributed by atoms with Gasteiger partial charge in [-0.1, -0.05) is 140 Å². The van der Waals surface area contributed by atoms with E-state index in [4.69, 9.17) is 14.7 Å². The van der Waals surface area contributed by atoms with Gasteiger partial charge in [0.1, 0.15) is 5.65 Å². The second-order valence-electron chi connectivity index (χ2n) is 14.5. The van der Waals surface area contributed by atoms with Crippen LogP contribution in [0.1, 0.15) is 26.3 Å². The van der Waals surface area contributed by atoms with Crippen molar-refractivity contribution in [3.63, 3.8) is 0 Å². The van der Waals surface area contributed by atoms with Crippen LogP contribution >= 0.6 is 0 Å². The van der Waals surface area contributed by atoms with Crippen molar-refractivity contribution in [1.29, 1.82) is 0 Å². The first-order chi connectivity index (χ1) is 25.9. The molecule has 0 aliphatic carbocycles. The van der Waals surface area contributed by atoms with E-state index in [-0.39, 0.29) is 26.5 Å². The van der Waals surface area contributed by atoms with Gasteiger partial charge in [-0.15, -0.1) is 35.9 Å². The Hall–Kier alpha value is -6.03. The molecule has 10 aromatic rings. The molecule has 0 amide bonds. The fraction of sp³-hybridized carbons (Fsp3) is 0.0833. The van der Waals surface area contributed by atoms with Gasteiger partial charge in [-0.2, -0.15) is 0 Å². The maximum absolute atomic E-state index is 6.77. The molecule has 5 nitrogen and oxygen atoms in total. The fourth-order valence-electron chi connectivity index (χ4n) is 7.61. The van der Waals surface area contributed by atoms with Gasteiger partial charge in [-0.3, -0.25) is 4.98 Å². The predicted molar refractivity (Wildman–Crippen MR) is 216 cm³/mol. The first kappa shape index (κ1) is 33.8. The number of pyridine rings is 2. The van der Waals surface area contributed by atoms with Gasteiger partial charge in [-0.05, 0) is 40.6 Å². The first-order valence-corrected chi connectivity index (χ1v) is 17.9. The van der Waals surface area contributed by atoms with Crippen LogP contribution in [-0.4, -0.2) is 18.9 Å². The third-order valence-electron chi connectivity index (χ3n) is 10.1. The summed E-state index contributed by atoms with van der Waals surface area (Å²) in [6.07, 6.45) is 1.85. The molecule has 4 aromatic heterocycles. The van der Waals surface area contributed by atoms with Gasteiger partial charge in [0.2, 0.25) is 0 Å². The summed E-state index contributed by atoms with van der Waals surface area (Å²) < 4.78 is 11.2. The number of rotatable bonds is 5. The zero-order valence-corrected chi connectivity index (χ0v) is 32.2. The molecule has 0 aliphatic rings. The Kier molecular flexibility index (Phi) is 8.21. The van der Waals surface area contributed by atoms with Crippen LogP contribution in [0.5, 0.6) is 11.5 Å². The predicted octanol–water partition coefficient (Wildman–Crippen LogP) is 12.2. The number of imidazole rings is 1. The molecular weight excluding hydrogens is 844 g/mol. The number of hydrogen-bond donors (Lipinski definition) is 0. The number of fused-ring (bicyclic) bond motifs is 9. The number of ether oxygens (including phenoxy) is 1. The molecule has 0 unspecified atom stereocenters. The molecular formula is C48H34N4OPt. The van der Waals surface area contributed by atoms with Gasteiger partial charge in [0, 0.05) is 39.5 Å². The van der Waals surface area contributed by atoms with Crippen molar-refractivity contribution in [3.05, 3.63) is 169 Å². The van der Waals surface area contributed by atoms with E-state index in [1.807, 2.05) is 24.4 Å². The molecule has 0 saturated heterocycles. The van der Waals surface area contributed by atoms with Crippen molar-refractivity contribution >= 4 is 49.3 Å². The molecule has 10 rings (SSSR count). The van der Waals surface area contributed by atoms with Crippen LogP contribution in [-0.2, 0) is 26.5 Å².